The van der Waals surface area contributed by atoms with E-state index < -0.39 is 5.09 Å². The van der Waals surface area contributed by atoms with Crippen LogP contribution in [0, 0.1) is 10.1 Å². The van der Waals surface area contributed by atoms with Gasteiger partial charge >= 0.3 is 0 Å². The third-order valence-corrected chi connectivity index (χ3v) is 4.59. The lowest BCUT2D eigenvalue weighted by atomic mass is 9.92. The molecule has 1 aromatic carbocycles. The Morgan fingerprint density at radius 3 is 2.50 bits per heavy atom. The van der Waals surface area contributed by atoms with Crippen LogP contribution >= 0.6 is 11.6 Å². The molecular weight excluding hydrogens is 354 g/mol. The second-order valence-electron chi connectivity index (χ2n) is 6.27. The zero-order chi connectivity index (χ0) is 19.2. The SMILES string of the molecule is CCCCCCCCC(Cn1ccnc1)c1ccccc1Cl.O=[N+]([O-])O. The van der Waals surface area contributed by atoms with Gasteiger partial charge in [0.25, 0.3) is 5.09 Å². The van der Waals surface area contributed by atoms with E-state index in [1.54, 1.807) is 0 Å². The van der Waals surface area contributed by atoms with Gasteiger partial charge in [0.1, 0.15) is 0 Å². The molecule has 1 aromatic heterocycles. The van der Waals surface area contributed by atoms with E-state index in [4.69, 9.17) is 26.9 Å². The predicted molar refractivity (Wildman–Crippen MR) is 103 cm³/mol. The maximum Gasteiger partial charge on any atom is 0.291 e. The largest absolute Gasteiger partial charge is 0.337 e. The minimum atomic E-state index is -1.50. The highest BCUT2D eigenvalue weighted by Crippen LogP contribution is 2.30. The number of unbranched alkanes of at least 4 members (excludes halogenated alkanes) is 5. The van der Waals surface area contributed by atoms with E-state index in [1.807, 2.05) is 30.9 Å². The van der Waals surface area contributed by atoms with Gasteiger partial charge in [-0.15, -0.1) is 10.1 Å². The minimum absolute atomic E-state index is 0.467. The summed E-state index contributed by atoms with van der Waals surface area (Å²) < 4.78 is 2.16. The second-order valence-corrected chi connectivity index (χ2v) is 6.68. The summed E-state index contributed by atoms with van der Waals surface area (Å²) in [6.45, 7) is 3.22. The molecule has 0 aliphatic carbocycles. The van der Waals surface area contributed by atoms with Crippen molar-refractivity contribution in [3.8, 4) is 0 Å². The molecule has 0 radical (unpaired) electrons. The van der Waals surface area contributed by atoms with E-state index in [2.05, 4.69) is 28.6 Å². The van der Waals surface area contributed by atoms with Gasteiger partial charge in [-0.1, -0.05) is 75.2 Å². The quantitative estimate of drug-likeness (QED) is 0.324. The third-order valence-electron chi connectivity index (χ3n) is 4.24. The van der Waals surface area contributed by atoms with Gasteiger partial charge in [0.15, 0.2) is 0 Å². The lowest BCUT2D eigenvalue weighted by Crippen LogP contribution is -2.09. The molecule has 1 heterocycles. The van der Waals surface area contributed by atoms with Gasteiger partial charge in [-0.2, -0.15) is 0 Å². The third kappa shape index (κ3) is 9.42. The van der Waals surface area contributed by atoms with Crippen LogP contribution in [0.4, 0.5) is 0 Å². The Morgan fingerprint density at radius 2 is 1.88 bits per heavy atom. The molecule has 6 nitrogen and oxygen atoms in total. The van der Waals surface area contributed by atoms with Crippen molar-refractivity contribution in [2.75, 3.05) is 0 Å². The monoisotopic (exact) mass is 381 g/mol. The van der Waals surface area contributed by atoms with Crippen LogP contribution in [0.5, 0.6) is 0 Å². The molecule has 1 unspecified atom stereocenters. The first-order valence-corrected chi connectivity index (χ1v) is 9.45. The zero-order valence-corrected chi connectivity index (χ0v) is 16.0. The number of nitrogens with zero attached hydrogens (tertiary/aromatic N) is 3. The topological polar surface area (TPSA) is 81.2 Å². The lowest BCUT2D eigenvalue weighted by Gasteiger charge is -2.19. The molecular formula is C19H28ClN3O3. The van der Waals surface area contributed by atoms with Gasteiger partial charge in [-0.25, -0.2) is 4.98 Å². The van der Waals surface area contributed by atoms with Crippen molar-refractivity contribution in [1.29, 1.82) is 0 Å². The Kier molecular flexibility index (Phi) is 11.1. The molecule has 2 rings (SSSR count). The van der Waals surface area contributed by atoms with Crippen LogP contribution < -0.4 is 0 Å². The van der Waals surface area contributed by atoms with Crippen molar-refractivity contribution >= 4 is 11.6 Å². The number of halogens is 1. The summed E-state index contributed by atoms with van der Waals surface area (Å²) in [4.78, 5) is 12.5. The van der Waals surface area contributed by atoms with E-state index >= 15 is 0 Å². The van der Waals surface area contributed by atoms with E-state index in [1.165, 1.54) is 50.5 Å². The van der Waals surface area contributed by atoms with E-state index in [0.29, 0.717) is 5.92 Å². The highest BCUT2D eigenvalue weighted by molar-refractivity contribution is 6.31. The summed E-state index contributed by atoms with van der Waals surface area (Å²) in [6.07, 6.45) is 15.0. The van der Waals surface area contributed by atoms with Gasteiger partial charge in [0.2, 0.25) is 0 Å². The molecule has 0 amide bonds. The second kappa shape index (κ2) is 13.2. The molecule has 1 N–H and O–H groups in total. The Labute approximate surface area is 159 Å². The number of imidazole rings is 1. The van der Waals surface area contributed by atoms with Gasteiger partial charge < -0.3 is 9.77 Å². The number of hydrogen-bond acceptors (Lipinski definition) is 3. The van der Waals surface area contributed by atoms with Gasteiger partial charge in [-0.3, -0.25) is 0 Å². The summed E-state index contributed by atoms with van der Waals surface area (Å²) in [5, 5.41) is 14.5. The Hall–Kier alpha value is -2.08. The summed E-state index contributed by atoms with van der Waals surface area (Å²) in [7, 11) is 0. The van der Waals surface area contributed by atoms with Crippen molar-refractivity contribution in [2.45, 2.75) is 64.3 Å². The normalized spacial score (nSPS) is 11.5. The first kappa shape index (κ1) is 22.0. The molecule has 0 fully saturated rings. The van der Waals surface area contributed by atoms with Crippen molar-refractivity contribution < 1.29 is 10.3 Å². The number of aromatic nitrogens is 2. The van der Waals surface area contributed by atoms with Crippen molar-refractivity contribution in [3.05, 3.63) is 63.7 Å². The van der Waals surface area contributed by atoms with Crippen LogP contribution in [0.15, 0.2) is 43.0 Å². The van der Waals surface area contributed by atoms with Gasteiger partial charge in [-0.05, 0) is 18.1 Å². The fourth-order valence-electron chi connectivity index (χ4n) is 2.97. The fraction of sp³-hybridized carbons (Fsp3) is 0.526. The molecule has 2 aromatic rings. The Balaban J connectivity index is 0.000000765. The number of rotatable bonds is 10. The fourth-order valence-corrected chi connectivity index (χ4v) is 3.26. The van der Waals surface area contributed by atoms with Crippen LogP contribution in [-0.4, -0.2) is 19.8 Å². The zero-order valence-electron chi connectivity index (χ0n) is 15.3. The summed E-state index contributed by atoms with van der Waals surface area (Å²) in [5.74, 6) is 0.467. The molecule has 144 valence electrons. The highest BCUT2D eigenvalue weighted by atomic mass is 35.5. The maximum absolute atomic E-state index is 8.36. The molecule has 0 aliphatic heterocycles. The van der Waals surface area contributed by atoms with Crippen molar-refractivity contribution in [2.24, 2.45) is 0 Å². The molecule has 0 spiro atoms. The lowest BCUT2D eigenvalue weighted by molar-refractivity contribution is -0.742. The van der Waals surface area contributed by atoms with Crippen LogP contribution in [-0.2, 0) is 6.54 Å². The van der Waals surface area contributed by atoms with Gasteiger partial charge in [0, 0.05) is 29.9 Å². The molecule has 0 aliphatic rings. The molecule has 0 saturated heterocycles. The predicted octanol–water partition coefficient (Wildman–Crippen LogP) is 5.72. The number of hydrogen-bond donors (Lipinski definition) is 1. The first-order valence-electron chi connectivity index (χ1n) is 9.08. The van der Waals surface area contributed by atoms with Crippen LogP contribution in [0.1, 0.15) is 63.4 Å². The van der Waals surface area contributed by atoms with Crippen LogP contribution in [0.25, 0.3) is 0 Å². The minimum Gasteiger partial charge on any atom is -0.337 e. The Bertz CT molecular complexity index is 616. The Morgan fingerprint density at radius 1 is 1.23 bits per heavy atom. The first-order chi connectivity index (χ1) is 12.5. The van der Waals surface area contributed by atoms with E-state index in [-0.39, 0.29) is 0 Å². The molecule has 1 atom stereocenters. The van der Waals surface area contributed by atoms with Crippen LogP contribution in [0.3, 0.4) is 0 Å². The average Bonchev–Trinajstić information content (AvgIpc) is 3.10. The molecule has 0 bridgehead atoms. The highest BCUT2D eigenvalue weighted by Gasteiger charge is 2.15. The average molecular weight is 382 g/mol. The van der Waals surface area contributed by atoms with Gasteiger partial charge in [0.05, 0.1) is 6.33 Å². The standard InChI is InChI=1S/C19H27ClN2.HNO3/c1-2-3-4-5-6-7-10-17(15-22-14-13-21-16-22)18-11-8-9-12-19(18)20;2-1(3)4/h8-9,11-14,16-17H,2-7,10,15H2,1H3;(H,2,3,4). The summed E-state index contributed by atoms with van der Waals surface area (Å²) in [6, 6.07) is 8.26. The number of benzene rings is 1. The molecule has 7 heteroatoms. The van der Waals surface area contributed by atoms with Crippen molar-refractivity contribution in [3.63, 3.8) is 0 Å². The smallest absolute Gasteiger partial charge is 0.291 e. The summed E-state index contributed by atoms with van der Waals surface area (Å²) >= 11 is 6.42. The van der Waals surface area contributed by atoms with E-state index in [0.717, 1.165) is 11.6 Å². The van der Waals surface area contributed by atoms with E-state index in [9.17, 15) is 0 Å². The molecule has 0 saturated carbocycles. The van der Waals surface area contributed by atoms with Crippen LogP contribution in [0.2, 0.25) is 5.02 Å². The summed E-state index contributed by atoms with van der Waals surface area (Å²) in [5.41, 5.74) is 1.27. The maximum atomic E-state index is 8.36. The molecule has 26 heavy (non-hydrogen) atoms. The van der Waals surface area contributed by atoms with Crippen molar-refractivity contribution in [1.82, 2.24) is 9.55 Å².